The molecule has 0 atom stereocenters. The average molecular weight is 1180 g/mol. The maximum atomic E-state index is 5.42. The minimum atomic E-state index is 0.687. The number of para-hydroxylation sites is 4. The van der Waals surface area contributed by atoms with E-state index in [-0.39, 0.29) is 0 Å². The van der Waals surface area contributed by atoms with Crippen LogP contribution in [0, 0.1) is 0 Å². The zero-order valence-corrected chi connectivity index (χ0v) is 49.8. The smallest absolute Gasteiger partial charge is 0.235 e. The number of thiophene rings is 2. The van der Waals surface area contributed by atoms with E-state index in [4.69, 9.17) is 19.9 Å². The van der Waals surface area contributed by atoms with Gasteiger partial charge < -0.3 is 4.57 Å². The molecule has 8 heteroatoms. The monoisotopic (exact) mass is 1180 g/mol. The molecular weight excluding hydrogens is 1130 g/mol. The zero-order valence-electron chi connectivity index (χ0n) is 48.2. The number of rotatable bonds is 5. The molecule has 0 aliphatic heterocycles. The predicted octanol–water partition coefficient (Wildman–Crippen LogP) is 22.7. The number of nitrogens with zero attached hydrogens (tertiary/aromatic N) is 6. The van der Waals surface area contributed by atoms with E-state index in [0.29, 0.717) is 5.95 Å². The van der Waals surface area contributed by atoms with Gasteiger partial charge in [0, 0.05) is 85.6 Å². The van der Waals surface area contributed by atoms with Gasteiger partial charge in [0.15, 0.2) is 5.82 Å². The van der Waals surface area contributed by atoms with Crippen molar-refractivity contribution in [1.82, 2.24) is 29.1 Å². The zero-order chi connectivity index (χ0) is 59.0. The summed E-state index contributed by atoms with van der Waals surface area (Å²) in [5.74, 6) is 1.41. The molecule has 0 aliphatic rings. The first kappa shape index (κ1) is 50.7. The lowest BCUT2D eigenvalue weighted by Gasteiger charge is -2.13. The van der Waals surface area contributed by atoms with Crippen LogP contribution < -0.4 is 0 Å². The van der Waals surface area contributed by atoms with Gasteiger partial charge in [0.05, 0.1) is 53.9 Å². The average Bonchev–Trinajstić information content (AvgIpc) is 1.55. The predicted molar refractivity (Wildman–Crippen MR) is 382 cm³/mol. The van der Waals surface area contributed by atoms with Crippen molar-refractivity contribution < 1.29 is 0 Å². The fourth-order valence-electron chi connectivity index (χ4n) is 14.2. The molecule has 20 rings (SSSR count). The quantitative estimate of drug-likeness (QED) is 0.172. The minimum absolute atomic E-state index is 0.687. The van der Waals surface area contributed by atoms with Crippen LogP contribution in [0.4, 0.5) is 0 Å². The van der Waals surface area contributed by atoms with Crippen LogP contribution in [0.25, 0.3) is 184 Å². The Labute approximate surface area is 523 Å². The number of hydrogen-bond donors (Lipinski definition) is 0. The van der Waals surface area contributed by atoms with Crippen LogP contribution >= 0.6 is 22.7 Å². The second-order valence-corrected chi connectivity index (χ2v) is 25.2. The highest BCUT2D eigenvalue weighted by Gasteiger charge is 2.25. The van der Waals surface area contributed by atoms with Gasteiger partial charge in [0.1, 0.15) is 0 Å². The Balaban J connectivity index is 0.000000130. The highest BCUT2D eigenvalue weighted by Crippen LogP contribution is 2.50. The summed E-state index contributed by atoms with van der Waals surface area (Å²) < 4.78 is 9.94. The fraction of sp³-hybridized carbons (Fsp3) is 0. The third-order valence-corrected chi connectivity index (χ3v) is 20.5. The van der Waals surface area contributed by atoms with Gasteiger partial charge in [-0.1, -0.05) is 224 Å². The van der Waals surface area contributed by atoms with Gasteiger partial charge >= 0.3 is 0 Å². The van der Waals surface area contributed by atoms with Crippen LogP contribution in [0.15, 0.2) is 291 Å². The summed E-state index contributed by atoms with van der Waals surface area (Å²) in [6, 6.07) is 104. The van der Waals surface area contributed by atoms with Gasteiger partial charge in [-0.15, -0.1) is 22.7 Å². The van der Waals surface area contributed by atoms with E-state index in [1.165, 1.54) is 111 Å². The fourth-order valence-corrected chi connectivity index (χ4v) is 16.7. The van der Waals surface area contributed by atoms with Crippen molar-refractivity contribution >= 4 is 161 Å². The molecule has 0 radical (unpaired) electrons. The number of benzene rings is 14. The molecular formula is C82H48N6S2. The van der Waals surface area contributed by atoms with E-state index >= 15 is 0 Å². The van der Waals surface area contributed by atoms with Crippen molar-refractivity contribution in [2.45, 2.75) is 0 Å². The largest absolute Gasteiger partial charge is 0.308 e. The van der Waals surface area contributed by atoms with E-state index in [2.05, 4.69) is 288 Å². The Morgan fingerprint density at radius 3 is 1.30 bits per heavy atom. The van der Waals surface area contributed by atoms with Gasteiger partial charge in [-0.2, -0.15) is 0 Å². The minimum Gasteiger partial charge on any atom is -0.308 e. The first-order chi connectivity index (χ1) is 44.7. The van der Waals surface area contributed by atoms with E-state index in [9.17, 15) is 0 Å². The van der Waals surface area contributed by atoms with Crippen molar-refractivity contribution in [2.24, 2.45) is 0 Å². The van der Waals surface area contributed by atoms with Gasteiger partial charge in [-0.05, 0) is 99.0 Å². The molecule has 0 N–H and O–H groups in total. The molecule has 0 aliphatic carbocycles. The highest BCUT2D eigenvalue weighted by atomic mass is 32.1. The van der Waals surface area contributed by atoms with Crippen LogP contribution in [-0.4, -0.2) is 29.1 Å². The topological polar surface area (TPSA) is 61.4 Å². The molecule has 0 fully saturated rings. The summed E-state index contributed by atoms with van der Waals surface area (Å²) in [5, 5.41) is 19.9. The Morgan fingerprint density at radius 2 is 0.700 bits per heavy atom. The highest BCUT2D eigenvalue weighted by molar-refractivity contribution is 7.27. The van der Waals surface area contributed by atoms with Gasteiger partial charge in [0.2, 0.25) is 5.95 Å². The summed E-state index contributed by atoms with van der Waals surface area (Å²) in [5.41, 5.74) is 12.8. The van der Waals surface area contributed by atoms with E-state index in [0.717, 1.165) is 66.9 Å². The molecule has 6 nitrogen and oxygen atoms in total. The first-order valence-corrected chi connectivity index (χ1v) is 32.0. The Bertz CT molecular complexity index is 6350. The molecule has 0 amide bonds. The van der Waals surface area contributed by atoms with Crippen molar-refractivity contribution in [3.8, 4) is 45.5 Å². The van der Waals surface area contributed by atoms with Crippen molar-refractivity contribution in [3.05, 3.63) is 291 Å². The summed E-state index contributed by atoms with van der Waals surface area (Å²) in [6.45, 7) is 0. The number of hydrogen-bond acceptors (Lipinski definition) is 6. The molecule has 0 saturated heterocycles. The van der Waals surface area contributed by atoms with Crippen molar-refractivity contribution in [1.29, 1.82) is 0 Å². The molecule has 20 aromatic rings. The molecule has 90 heavy (non-hydrogen) atoms. The lowest BCUT2D eigenvalue weighted by Crippen LogP contribution is -2.03. The summed E-state index contributed by atoms with van der Waals surface area (Å²) in [6.07, 6.45) is 0. The molecule has 0 saturated carbocycles. The summed E-state index contributed by atoms with van der Waals surface area (Å²) >= 11 is 3.75. The first-order valence-electron chi connectivity index (χ1n) is 30.4. The number of fused-ring (bicyclic) bond motifs is 23. The lowest BCUT2D eigenvalue weighted by atomic mass is 9.99. The van der Waals surface area contributed by atoms with Crippen molar-refractivity contribution in [2.75, 3.05) is 0 Å². The molecule has 14 aromatic carbocycles. The van der Waals surface area contributed by atoms with Crippen LogP contribution in [0.3, 0.4) is 0 Å². The Hall–Kier alpha value is -11.4. The molecule has 0 spiro atoms. The maximum Gasteiger partial charge on any atom is 0.235 e. The normalized spacial score (nSPS) is 12.0. The molecule has 6 aromatic heterocycles. The number of aromatic nitrogens is 6. The molecule has 418 valence electrons. The van der Waals surface area contributed by atoms with Crippen LogP contribution in [0.5, 0.6) is 0 Å². The van der Waals surface area contributed by atoms with E-state index in [1.54, 1.807) is 0 Å². The van der Waals surface area contributed by atoms with E-state index < -0.39 is 0 Å². The summed E-state index contributed by atoms with van der Waals surface area (Å²) in [7, 11) is 0. The second-order valence-electron chi connectivity index (χ2n) is 23.1. The van der Waals surface area contributed by atoms with Crippen LogP contribution in [0.2, 0.25) is 0 Å². The van der Waals surface area contributed by atoms with Crippen LogP contribution in [-0.2, 0) is 0 Å². The maximum absolute atomic E-state index is 5.42. The molecule has 0 bridgehead atoms. The van der Waals surface area contributed by atoms with E-state index in [1.807, 2.05) is 34.8 Å². The van der Waals surface area contributed by atoms with Crippen molar-refractivity contribution in [3.63, 3.8) is 0 Å². The Kier molecular flexibility index (Phi) is 11.3. The molecule has 0 unspecified atom stereocenters. The summed E-state index contributed by atoms with van der Waals surface area (Å²) in [4.78, 5) is 20.8. The second kappa shape index (κ2) is 20.1. The Morgan fingerprint density at radius 1 is 0.267 bits per heavy atom. The van der Waals surface area contributed by atoms with Gasteiger partial charge in [-0.25, -0.2) is 19.9 Å². The third-order valence-electron chi connectivity index (χ3n) is 18.2. The SMILES string of the molecule is c1ccc(-c2nc(-c3ccc(-n4c5ccccc5c5c6ccccc6c6c7ccccc7sc6c54)cc3)nc3ccccc23)cc1.c1ccc2cc(-c3nc(-n4c5ccccc5c5c6ccccc6c6c7ccccc7sc6c54)nc4ccccc34)ccc2c1. The molecule has 6 heterocycles. The standard InChI is InChI=1S/C42H25N3S.C40H23N3S/c1-2-12-26(13-3-1)39-31-16-6-9-19-34(31)43-42(44-39)27-22-24-28(25-23-27)45-35-20-10-7-17-32(35)37-29-14-4-5-15-30(29)38-33-18-8-11-21-36(33)46-41(38)40(37)45;1-2-12-25-23-26(22-21-24(25)11-1)37-29-15-5-8-18-32(29)41-40(42-37)43-33-19-9-6-16-30(33)35-27-13-3-4-14-28(27)36-31-17-7-10-20-34(31)44-39(36)38(35)43/h1-25H;1-23H. The van der Waals surface area contributed by atoms with Gasteiger partial charge in [-0.3, -0.25) is 4.57 Å². The van der Waals surface area contributed by atoms with Crippen LogP contribution in [0.1, 0.15) is 0 Å². The lowest BCUT2D eigenvalue weighted by molar-refractivity contribution is 1.02. The van der Waals surface area contributed by atoms with Gasteiger partial charge in [0.25, 0.3) is 0 Å². The third kappa shape index (κ3) is 7.69.